The van der Waals surface area contributed by atoms with E-state index >= 15 is 0 Å². The highest BCUT2D eigenvalue weighted by Gasteiger charge is 2.30. The zero-order chi connectivity index (χ0) is 17.7. The van der Waals surface area contributed by atoms with E-state index in [1.54, 1.807) is 12.1 Å². The molecule has 0 aromatic heterocycles. The van der Waals surface area contributed by atoms with Crippen LogP contribution in [-0.2, 0) is 14.8 Å². The number of hydrogen-bond acceptors (Lipinski definition) is 3. The number of rotatable bonds is 6. The van der Waals surface area contributed by atoms with E-state index in [2.05, 4.69) is 5.32 Å². The minimum absolute atomic E-state index is 0.0549. The van der Waals surface area contributed by atoms with Gasteiger partial charge < -0.3 is 5.32 Å². The molecule has 0 bridgehead atoms. The number of hydrogen-bond donors (Lipinski definition) is 1. The van der Waals surface area contributed by atoms with Crippen LogP contribution in [0.25, 0.3) is 0 Å². The zero-order valence-electron chi connectivity index (χ0n) is 14.8. The summed E-state index contributed by atoms with van der Waals surface area (Å²) in [6.07, 6.45) is 3.00. The van der Waals surface area contributed by atoms with Crippen molar-refractivity contribution in [3.63, 3.8) is 0 Å². The van der Waals surface area contributed by atoms with E-state index in [4.69, 9.17) is 0 Å². The summed E-state index contributed by atoms with van der Waals surface area (Å²) in [5, 5.41) is 3.08. The fourth-order valence-electron chi connectivity index (χ4n) is 3.08. The molecule has 0 aliphatic carbocycles. The van der Waals surface area contributed by atoms with E-state index in [9.17, 15) is 13.2 Å². The van der Waals surface area contributed by atoms with Gasteiger partial charge in [0.05, 0.1) is 4.90 Å². The molecular weight excluding hydrogens is 324 g/mol. The second kappa shape index (κ2) is 8.12. The smallest absolute Gasteiger partial charge is 0.243 e. The Bertz CT molecular complexity index is 643. The Labute approximate surface area is 145 Å². The summed E-state index contributed by atoms with van der Waals surface area (Å²) >= 11 is 0. The quantitative estimate of drug-likeness (QED) is 0.856. The molecule has 0 spiro atoms. The van der Waals surface area contributed by atoms with Crippen molar-refractivity contribution in [3.05, 3.63) is 29.8 Å². The van der Waals surface area contributed by atoms with Gasteiger partial charge in [-0.3, -0.25) is 4.79 Å². The molecule has 24 heavy (non-hydrogen) atoms. The lowest BCUT2D eigenvalue weighted by molar-refractivity contribution is -0.126. The number of nitrogens with zero attached hydrogens (tertiary/aromatic N) is 1. The van der Waals surface area contributed by atoms with Crippen LogP contribution in [0.3, 0.4) is 0 Å². The third kappa shape index (κ3) is 4.36. The maximum atomic E-state index is 12.7. The van der Waals surface area contributed by atoms with Crippen LogP contribution in [-0.4, -0.2) is 37.8 Å². The average molecular weight is 353 g/mol. The molecule has 1 N–H and O–H groups in total. The topological polar surface area (TPSA) is 66.5 Å². The minimum atomic E-state index is -3.44. The second-order valence-corrected chi connectivity index (χ2v) is 8.45. The molecule has 0 radical (unpaired) electrons. The number of sulfonamides is 1. The van der Waals surface area contributed by atoms with Crippen molar-refractivity contribution in [1.82, 2.24) is 9.62 Å². The van der Waals surface area contributed by atoms with Crippen LogP contribution < -0.4 is 5.32 Å². The van der Waals surface area contributed by atoms with Crippen molar-refractivity contribution < 1.29 is 13.2 Å². The van der Waals surface area contributed by atoms with Crippen LogP contribution in [0.5, 0.6) is 0 Å². The Balaban J connectivity index is 1.94. The normalized spacial score (nSPS) is 17.2. The van der Waals surface area contributed by atoms with Gasteiger partial charge in [0.25, 0.3) is 0 Å². The third-order valence-electron chi connectivity index (χ3n) is 4.82. The van der Waals surface area contributed by atoms with Crippen molar-refractivity contribution in [2.75, 3.05) is 13.1 Å². The number of carbonyl (C=O) groups excluding carboxylic acids is 1. The Morgan fingerprint density at radius 2 is 1.71 bits per heavy atom. The Hall–Kier alpha value is -1.40. The highest BCUT2D eigenvalue weighted by molar-refractivity contribution is 7.89. The number of benzene rings is 1. The second-order valence-electron chi connectivity index (χ2n) is 6.51. The molecule has 1 heterocycles. The number of amides is 1. The summed E-state index contributed by atoms with van der Waals surface area (Å²) in [5.41, 5.74) is 1.04. The SMILES string of the molecule is CCC(CC)C(=O)NC1CCN(S(=O)(=O)c2ccc(C)cc2)CC1. The predicted molar refractivity (Wildman–Crippen MR) is 95.2 cm³/mol. The van der Waals surface area contributed by atoms with E-state index in [0.29, 0.717) is 30.8 Å². The standard InChI is InChI=1S/C18H28N2O3S/c1-4-15(5-2)18(21)19-16-10-12-20(13-11-16)24(22,23)17-8-6-14(3)7-9-17/h6-9,15-16H,4-5,10-13H2,1-3H3,(H,19,21). The first-order chi connectivity index (χ1) is 11.4. The van der Waals surface area contributed by atoms with Gasteiger partial charge in [0.2, 0.25) is 15.9 Å². The summed E-state index contributed by atoms with van der Waals surface area (Å²) in [4.78, 5) is 12.5. The summed E-state index contributed by atoms with van der Waals surface area (Å²) in [6.45, 7) is 6.87. The van der Waals surface area contributed by atoms with Gasteiger partial charge in [0.15, 0.2) is 0 Å². The first-order valence-electron chi connectivity index (χ1n) is 8.75. The van der Waals surface area contributed by atoms with Gasteiger partial charge in [-0.25, -0.2) is 8.42 Å². The first-order valence-corrected chi connectivity index (χ1v) is 10.2. The lowest BCUT2D eigenvalue weighted by Crippen LogP contribution is -2.47. The maximum Gasteiger partial charge on any atom is 0.243 e. The van der Waals surface area contributed by atoms with Crippen LogP contribution in [0.15, 0.2) is 29.2 Å². The molecular formula is C18H28N2O3S. The van der Waals surface area contributed by atoms with Gasteiger partial charge >= 0.3 is 0 Å². The number of piperidine rings is 1. The Morgan fingerprint density at radius 3 is 2.21 bits per heavy atom. The van der Waals surface area contributed by atoms with Crippen LogP contribution in [0.4, 0.5) is 0 Å². The van der Waals surface area contributed by atoms with E-state index < -0.39 is 10.0 Å². The fourth-order valence-corrected chi connectivity index (χ4v) is 4.55. The van der Waals surface area contributed by atoms with Crippen molar-refractivity contribution in [3.8, 4) is 0 Å². The van der Waals surface area contributed by atoms with Crippen LogP contribution in [0.2, 0.25) is 0 Å². The monoisotopic (exact) mass is 352 g/mol. The predicted octanol–water partition coefficient (Wildman–Crippen LogP) is 2.70. The summed E-state index contributed by atoms with van der Waals surface area (Å²) in [7, 11) is -3.44. The van der Waals surface area contributed by atoms with Gasteiger partial charge in [-0.05, 0) is 44.7 Å². The van der Waals surface area contributed by atoms with Crippen molar-refractivity contribution in [1.29, 1.82) is 0 Å². The highest BCUT2D eigenvalue weighted by Crippen LogP contribution is 2.21. The third-order valence-corrected chi connectivity index (χ3v) is 6.73. The maximum absolute atomic E-state index is 12.7. The molecule has 134 valence electrons. The first kappa shape index (κ1) is 18.9. The molecule has 1 amide bonds. The van der Waals surface area contributed by atoms with Crippen LogP contribution >= 0.6 is 0 Å². The Morgan fingerprint density at radius 1 is 1.17 bits per heavy atom. The molecule has 0 atom stereocenters. The van der Waals surface area contributed by atoms with E-state index in [1.807, 2.05) is 32.9 Å². The lowest BCUT2D eigenvalue weighted by Gasteiger charge is -2.32. The van der Waals surface area contributed by atoms with Gasteiger partial charge in [-0.2, -0.15) is 4.31 Å². The summed E-state index contributed by atoms with van der Waals surface area (Å²) in [6, 6.07) is 7.02. The summed E-state index contributed by atoms with van der Waals surface area (Å²) < 4.78 is 26.9. The van der Waals surface area contributed by atoms with Crippen LogP contribution in [0, 0.1) is 12.8 Å². The molecule has 1 aliphatic heterocycles. The van der Waals surface area contributed by atoms with E-state index in [1.165, 1.54) is 4.31 Å². The molecule has 0 saturated carbocycles. The zero-order valence-corrected chi connectivity index (χ0v) is 15.6. The van der Waals surface area contributed by atoms with Crippen LogP contribution in [0.1, 0.15) is 45.1 Å². The molecule has 1 aliphatic rings. The number of carbonyl (C=O) groups is 1. The van der Waals surface area contributed by atoms with E-state index in [-0.39, 0.29) is 17.9 Å². The molecule has 0 unspecified atom stereocenters. The van der Waals surface area contributed by atoms with E-state index in [0.717, 1.165) is 18.4 Å². The number of aryl methyl sites for hydroxylation is 1. The van der Waals surface area contributed by atoms with Crippen molar-refractivity contribution in [2.45, 2.75) is 57.4 Å². The van der Waals surface area contributed by atoms with Gasteiger partial charge in [-0.15, -0.1) is 0 Å². The van der Waals surface area contributed by atoms with Gasteiger partial charge in [0.1, 0.15) is 0 Å². The molecule has 1 fully saturated rings. The average Bonchev–Trinajstić information content (AvgIpc) is 2.57. The molecule has 2 rings (SSSR count). The fraction of sp³-hybridized carbons (Fsp3) is 0.611. The molecule has 1 aromatic rings. The lowest BCUT2D eigenvalue weighted by atomic mass is 10.0. The van der Waals surface area contributed by atoms with Gasteiger partial charge in [-0.1, -0.05) is 31.5 Å². The van der Waals surface area contributed by atoms with Gasteiger partial charge in [0, 0.05) is 25.0 Å². The number of nitrogens with one attached hydrogen (secondary N) is 1. The Kier molecular flexibility index (Phi) is 6.40. The molecule has 5 nitrogen and oxygen atoms in total. The molecule has 1 saturated heterocycles. The minimum Gasteiger partial charge on any atom is -0.353 e. The largest absolute Gasteiger partial charge is 0.353 e. The summed E-state index contributed by atoms with van der Waals surface area (Å²) in [5.74, 6) is 0.152. The van der Waals surface area contributed by atoms with Crippen molar-refractivity contribution in [2.24, 2.45) is 5.92 Å². The molecule has 6 heteroatoms. The van der Waals surface area contributed by atoms with Crippen molar-refractivity contribution >= 4 is 15.9 Å². The molecule has 1 aromatic carbocycles. The highest BCUT2D eigenvalue weighted by atomic mass is 32.2.